The van der Waals surface area contributed by atoms with E-state index < -0.39 is 0 Å². The number of thiazole rings is 1. The first-order valence-corrected chi connectivity index (χ1v) is 12.4. The van der Waals surface area contributed by atoms with E-state index in [1.54, 1.807) is 23.5 Å². The molecular formula is C25H24BrN3O2S. The van der Waals surface area contributed by atoms with Crippen LogP contribution in [0.5, 0.6) is 0 Å². The van der Waals surface area contributed by atoms with Crippen LogP contribution in [0.25, 0.3) is 10.4 Å². The summed E-state index contributed by atoms with van der Waals surface area (Å²) in [6.45, 7) is 5.20. The molecule has 164 valence electrons. The van der Waals surface area contributed by atoms with E-state index in [1.807, 2.05) is 36.1 Å². The Morgan fingerprint density at radius 3 is 2.78 bits per heavy atom. The lowest BCUT2D eigenvalue weighted by Gasteiger charge is -2.27. The highest BCUT2D eigenvalue weighted by Crippen LogP contribution is 2.50. The minimum absolute atomic E-state index is 0.0102. The zero-order chi connectivity index (χ0) is 22.4. The number of hydrogen-bond donors (Lipinski definition) is 1. The Bertz CT molecular complexity index is 1210. The van der Waals surface area contributed by atoms with Gasteiger partial charge in [0.1, 0.15) is 5.69 Å². The molecular weight excluding hydrogens is 486 g/mol. The van der Waals surface area contributed by atoms with Gasteiger partial charge in [0, 0.05) is 23.1 Å². The minimum Gasteiger partial charge on any atom is -0.350 e. The van der Waals surface area contributed by atoms with Gasteiger partial charge in [0.15, 0.2) is 0 Å². The minimum atomic E-state index is -0.118. The number of aromatic nitrogens is 1. The van der Waals surface area contributed by atoms with Crippen LogP contribution in [0.3, 0.4) is 0 Å². The number of benzene rings is 2. The molecule has 3 atom stereocenters. The zero-order valence-corrected chi connectivity index (χ0v) is 20.4. The highest BCUT2D eigenvalue weighted by atomic mass is 79.9. The maximum absolute atomic E-state index is 13.6. The van der Waals surface area contributed by atoms with Crippen molar-refractivity contribution < 1.29 is 9.59 Å². The number of halogens is 1. The normalized spacial score (nSPS) is 21.3. The number of nitrogens with one attached hydrogen (secondary N) is 1. The third kappa shape index (κ3) is 4.11. The standard InChI is InChI=1S/C25H24BrN3O2S/c1-14-5-3-6-16(9-14)23-22(28-15(2)32-23)25(31)29-13-18-11-20(18)21(29)12-27-24(30)17-7-4-8-19(26)10-17/h3-10,18,20-21H,11-13H2,1-2H3,(H,27,30)/t18-,20?,21+/m0/s1. The Morgan fingerprint density at radius 2 is 2.00 bits per heavy atom. The number of fused-ring (bicyclic) bond motifs is 1. The van der Waals surface area contributed by atoms with Crippen molar-refractivity contribution in [1.82, 2.24) is 15.2 Å². The number of carbonyl (C=O) groups excluding carboxylic acids is 2. The van der Waals surface area contributed by atoms with E-state index in [1.165, 1.54) is 0 Å². The Kier molecular flexibility index (Phi) is 5.63. The average Bonchev–Trinajstić information content (AvgIpc) is 3.28. The molecule has 1 aromatic heterocycles. The van der Waals surface area contributed by atoms with E-state index in [9.17, 15) is 9.59 Å². The molecule has 5 nitrogen and oxygen atoms in total. The molecule has 1 saturated carbocycles. The lowest BCUT2D eigenvalue weighted by atomic mass is 10.1. The van der Waals surface area contributed by atoms with Crippen LogP contribution in [0.15, 0.2) is 53.0 Å². The van der Waals surface area contributed by atoms with Crippen LogP contribution >= 0.6 is 27.3 Å². The van der Waals surface area contributed by atoms with Gasteiger partial charge in [-0.05, 0) is 55.9 Å². The van der Waals surface area contributed by atoms with Crippen molar-refractivity contribution >= 4 is 39.1 Å². The van der Waals surface area contributed by atoms with Gasteiger partial charge in [-0.25, -0.2) is 4.98 Å². The number of aryl methyl sites for hydroxylation is 2. The second-order valence-corrected chi connectivity index (χ2v) is 10.8. The van der Waals surface area contributed by atoms with E-state index in [4.69, 9.17) is 0 Å². The first-order valence-electron chi connectivity index (χ1n) is 10.8. The second-order valence-electron chi connectivity index (χ2n) is 8.68. The molecule has 5 rings (SSSR count). The maximum atomic E-state index is 13.6. The summed E-state index contributed by atoms with van der Waals surface area (Å²) in [5, 5.41) is 3.93. The Labute approximate surface area is 200 Å². The second kappa shape index (κ2) is 8.45. The Balaban J connectivity index is 1.36. The van der Waals surface area contributed by atoms with Gasteiger partial charge < -0.3 is 10.2 Å². The quantitative estimate of drug-likeness (QED) is 0.521. The molecule has 1 saturated heterocycles. The summed E-state index contributed by atoms with van der Waals surface area (Å²) in [5.74, 6) is 0.852. The number of amides is 2. The fourth-order valence-corrected chi connectivity index (χ4v) is 5.99. The van der Waals surface area contributed by atoms with Crippen LogP contribution in [0.2, 0.25) is 0 Å². The molecule has 1 aliphatic carbocycles. The van der Waals surface area contributed by atoms with Gasteiger partial charge in [-0.15, -0.1) is 11.3 Å². The first kappa shape index (κ1) is 21.3. The summed E-state index contributed by atoms with van der Waals surface area (Å²) in [5.41, 5.74) is 3.33. The fourth-order valence-electron chi connectivity index (χ4n) is 4.69. The molecule has 2 aromatic carbocycles. The smallest absolute Gasteiger partial charge is 0.274 e. The highest BCUT2D eigenvalue weighted by molar-refractivity contribution is 9.10. The largest absolute Gasteiger partial charge is 0.350 e. The zero-order valence-electron chi connectivity index (χ0n) is 18.0. The molecule has 2 aliphatic rings. The molecule has 7 heteroatoms. The van der Waals surface area contributed by atoms with Gasteiger partial charge in [0.2, 0.25) is 0 Å². The summed E-state index contributed by atoms with van der Waals surface area (Å²) < 4.78 is 0.868. The maximum Gasteiger partial charge on any atom is 0.274 e. The Hall–Kier alpha value is -2.51. The molecule has 0 radical (unpaired) electrons. The molecule has 0 bridgehead atoms. The van der Waals surface area contributed by atoms with Gasteiger partial charge in [-0.1, -0.05) is 51.8 Å². The third-order valence-corrected chi connectivity index (χ3v) is 7.85. The number of piperidine rings is 1. The number of rotatable bonds is 5. The predicted octanol–water partition coefficient (Wildman–Crippen LogP) is 5.08. The highest BCUT2D eigenvalue weighted by Gasteiger charge is 2.54. The average molecular weight is 510 g/mol. The fraction of sp³-hybridized carbons (Fsp3) is 0.320. The van der Waals surface area contributed by atoms with Crippen LogP contribution in [-0.4, -0.2) is 40.8 Å². The van der Waals surface area contributed by atoms with E-state index >= 15 is 0 Å². The molecule has 3 aromatic rings. The number of nitrogens with zero attached hydrogens (tertiary/aromatic N) is 2. The molecule has 2 heterocycles. The van der Waals surface area contributed by atoms with Gasteiger partial charge in [0.25, 0.3) is 11.8 Å². The van der Waals surface area contributed by atoms with Crippen molar-refractivity contribution in [2.45, 2.75) is 26.3 Å². The summed E-state index contributed by atoms with van der Waals surface area (Å²) >= 11 is 4.97. The SMILES string of the molecule is Cc1cccc(-c2sc(C)nc2C(=O)N2C[C@@H]3CC3[C@H]2CNC(=O)c2cccc(Br)c2)c1. The van der Waals surface area contributed by atoms with Gasteiger partial charge in [-0.2, -0.15) is 0 Å². The number of carbonyl (C=O) groups is 2. The van der Waals surface area contributed by atoms with Crippen molar-refractivity contribution in [3.8, 4) is 10.4 Å². The topological polar surface area (TPSA) is 62.3 Å². The molecule has 2 fully saturated rings. The lowest BCUT2D eigenvalue weighted by Crippen LogP contribution is -2.45. The van der Waals surface area contributed by atoms with Crippen LogP contribution in [0.4, 0.5) is 0 Å². The van der Waals surface area contributed by atoms with Crippen LogP contribution in [0.1, 0.15) is 37.8 Å². The summed E-state index contributed by atoms with van der Waals surface area (Å²) in [7, 11) is 0. The summed E-state index contributed by atoms with van der Waals surface area (Å²) in [6.07, 6.45) is 1.13. The predicted molar refractivity (Wildman–Crippen MR) is 130 cm³/mol. The summed E-state index contributed by atoms with van der Waals surface area (Å²) in [4.78, 5) is 33.8. The number of likely N-dealkylation sites (tertiary alicyclic amines) is 1. The van der Waals surface area contributed by atoms with Gasteiger partial charge in [0.05, 0.1) is 15.9 Å². The molecule has 1 N–H and O–H groups in total. The van der Waals surface area contributed by atoms with Crippen LogP contribution in [0, 0.1) is 25.7 Å². The molecule has 2 amide bonds. The van der Waals surface area contributed by atoms with Crippen molar-refractivity contribution in [2.24, 2.45) is 11.8 Å². The van der Waals surface area contributed by atoms with Gasteiger partial charge in [-0.3, -0.25) is 9.59 Å². The molecule has 1 unspecified atom stereocenters. The van der Waals surface area contributed by atoms with Crippen LogP contribution < -0.4 is 5.32 Å². The van der Waals surface area contributed by atoms with Crippen molar-refractivity contribution in [2.75, 3.05) is 13.1 Å². The van der Waals surface area contributed by atoms with E-state index in [-0.39, 0.29) is 17.9 Å². The third-order valence-electron chi connectivity index (χ3n) is 6.34. The van der Waals surface area contributed by atoms with Crippen LogP contribution in [-0.2, 0) is 0 Å². The number of hydrogen-bond acceptors (Lipinski definition) is 4. The van der Waals surface area contributed by atoms with Crippen molar-refractivity contribution in [3.63, 3.8) is 0 Å². The Morgan fingerprint density at radius 1 is 1.19 bits per heavy atom. The van der Waals surface area contributed by atoms with Crippen molar-refractivity contribution in [3.05, 3.63) is 74.8 Å². The van der Waals surface area contributed by atoms with E-state index in [0.29, 0.717) is 29.6 Å². The molecule has 32 heavy (non-hydrogen) atoms. The first-order chi connectivity index (χ1) is 15.4. The lowest BCUT2D eigenvalue weighted by molar-refractivity contribution is 0.0690. The van der Waals surface area contributed by atoms with E-state index in [0.717, 1.165) is 38.4 Å². The molecule has 1 aliphatic heterocycles. The van der Waals surface area contributed by atoms with E-state index in [2.05, 4.69) is 45.3 Å². The monoisotopic (exact) mass is 509 g/mol. The summed E-state index contributed by atoms with van der Waals surface area (Å²) in [6, 6.07) is 15.5. The van der Waals surface area contributed by atoms with Gasteiger partial charge >= 0.3 is 0 Å². The van der Waals surface area contributed by atoms with Crippen molar-refractivity contribution in [1.29, 1.82) is 0 Å². The molecule has 0 spiro atoms.